The maximum atomic E-state index is 11.8. The average molecular weight is 349 g/mol. The molecule has 0 saturated carbocycles. The lowest BCUT2D eigenvalue weighted by Crippen LogP contribution is -2.30. The lowest BCUT2D eigenvalue weighted by atomic mass is 10.1. The fourth-order valence-electron chi connectivity index (χ4n) is 2.10. The molecule has 0 aromatic heterocycles. The van der Waals surface area contributed by atoms with Gasteiger partial charge in [0.1, 0.15) is 0 Å². The summed E-state index contributed by atoms with van der Waals surface area (Å²) >= 11 is 6.33. The Kier molecular flexibility index (Phi) is 6.61. The standard InChI is InChI=1S/C18H21ClN2O3/c1-13(24-12-14-7-5-4-6-8-14)16-10-9-15(11-17(16)19)20-18(22)21(2)23-3/h4-11,13H,12H2,1-3H3,(H,20,22). The highest BCUT2D eigenvalue weighted by Gasteiger charge is 2.13. The molecular formula is C18H21ClN2O3. The Hall–Kier alpha value is -2.08. The minimum absolute atomic E-state index is 0.163. The van der Waals surface area contributed by atoms with Crippen molar-refractivity contribution in [2.45, 2.75) is 19.6 Å². The number of carbonyl (C=O) groups excluding carboxylic acids is 1. The van der Waals surface area contributed by atoms with Gasteiger partial charge in [-0.3, -0.25) is 4.84 Å². The van der Waals surface area contributed by atoms with Crippen LogP contribution >= 0.6 is 11.6 Å². The van der Waals surface area contributed by atoms with E-state index in [1.54, 1.807) is 12.1 Å². The Morgan fingerprint density at radius 2 is 1.96 bits per heavy atom. The predicted molar refractivity (Wildman–Crippen MR) is 94.9 cm³/mol. The number of urea groups is 1. The van der Waals surface area contributed by atoms with Crippen LogP contribution in [-0.4, -0.2) is 25.3 Å². The van der Waals surface area contributed by atoms with Crippen LogP contribution in [0.25, 0.3) is 0 Å². The molecule has 128 valence electrons. The van der Waals surface area contributed by atoms with Gasteiger partial charge in [-0.25, -0.2) is 9.86 Å². The number of hydrogen-bond donors (Lipinski definition) is 1. The van der Waals surface area contributed by atoms with Crippen molar-refractivity contribution in [3.8, 4) is 0 Å². The van der Waals surface area contributed by atoms with Gasteiger partial charge in [0, 0.05) is 17.8 Å². The first-order valence-corrected chi connectivity index (χ1v) is 7.93. The third-order valence-electron chi connectivity index (χ3n) is 3.59. The fourth-order valence-corrected chi connectivity index (χ4v) is 2.44. The molecule has 0 spiro atoms. The van der Waals surface area contributed by atoms with Crippen molar-refractivity contribution >= 4 is 23.3 Å². The van der Waals surface area contributed by atoms with E-state index in [9.17, 15) is 4.79 Å². The summed E-state index contributed by atoms with van der Waals surface area (Å²) in [5.74, 6) is 0. The molecule has 1 atom stereocenters. The molecule has 0 radical (unpaired) electrons. The molecule has 24 heavy (non-hydrogen) atoms. The van der Waals surface area contributed by atoms with Crippen LogP contribution in [-0.2, 0) is 16.2 Å². The number of rotatable bonds is 6. The quantitative estimate of drug-likeness (QED) is 0.773. The third-order valence-corrected chi connectivity index (χ3v) is 3.92. The van der Waals surface area contributed by atoms with Crippen LogP contribution < -0.4 is 5.32 Å². The number of hydroxylamine groups is 2. The number of carbonyl (C=O) groups is 1. The van der Waals surface area contributed by atoms with Crippen molar-refractivity contribution < 1.29 is 14.4 Å². The fraction of sp³-hybridized carbons (Fsp3) is 0.278. The van der Waals surface area contributed by atoms with E-state index in [1.807, 2.05) is 43.3 Å². The molecule has 0 fully saturated rings. The van der Waals surface area contributed by atoms with Crippen molar-refractivity contribution in [2.24, 2.45) is 0 Å². The zero-order chi connectivity index (χ0) is 17.5. The van der Waals surface area contributed by atoms with Gasteiger partial charge >= 0.3 is 6.03 Å². The summed E-state index contributed by atoms with van der Waals surface area (Å²) in [6, 6.07) is 14.9. The second kappa shape index (κ2) is 8.68. The van der Waals surface area contributed by atoms with Crippen molar-refractivity contribution in [3.05, 3.63) is 64.7 Å². The second-order valence-electron chi connectivity index (χ2n) is 5.29. The Morgan fingerprint density at radius 1 is 1.25 bits per heavy atom. The Bertz CT molecular complexity index is 679. The summed E-state index contributed by atoms with van der Waals surface area (Å²) in [5, 5.41) is 4.32. The molecule has 2 rings (SSSR count). The van der Waals surface area contributed by atoms with E-state index in [0.717, 1.165) is 16.2 Å². The molecule has 1 N–H and O–H groups in total. The molecule has 2 aromatic rings. The molecule has 0 bridgehead atoms. The minimum Gasteiger partial charge on any atom is -0.369 e. The van der Waals surface area contributed by atoms with Crippen LogP contribution in [0.15, 0.2) is 48.5 Å². The molecule has 0 aliphatic heterocycles. The molecule has 0 aliphatic carbocycles. The van der Waals surface area contributed by atoms with Crippen LogP contribution in [0.2, 0.25) is 5.02 Å². The average Bonchev–Trinajstić information content (AvgIpc) is 2.60. The lowest BCUT2D eigenvalue weighted by Gasteiger charge is -2.17. The monoisotopic (exact) mass is 348 g/mol. The van der Waals surface area contributed by atoms with Crippen molar-refractivity contribution in [2.75, 3.05) is 19.5 Å². The topological polar surface area (TPSA) is 50.8 Å². The van der Waals surface area contributed by atoms with Crippen LogP contribution in [0.5, 0.6) is 0 Å². The van der Waals surface area contributed by atoms with Crippen LogP contribution in [0.4, 0.5) is 10.5 Å². The molecule has 0 heterocycles. The summed E-state index contributed by atoms with van der Waals surface area (Å²) in [6.07, 6.45) is -0.163. The number of hydrogen-bond acceptors (Lipinski definition) is 3. The van der Waals surface area contributed by atoms with E-state index in [4.69, 9.17) is 21.2 Å². The van der Waals surface area contributed by atoms with Gasteiger partial charge in [0.15, 0.2) is 0 Å². The van der Waals surface area contributed by atoms with Gasteiger partial charge in [-0.15, -0.1) is 0 Å². The van der Waals surface area contributed by atoms with E-state index in [-0.39, 0.29) is 12.1 Å². The molecule has 6 heteroatoms. The van der Waals surface area contributed by atoms with Crippen LogP contribution in [0.1, 0.15) is 24.2 Å². The molecule has 0 aliphatic rings. The van der Waals surface area contributed by atoms with Gasteiger partial charge in [0.25, 0.3) is 0 Å². The molecular weight excluding hydrogens is 328 g/mol. The van der Waals surface area contributed by atoms with E-state index in [1.165, 1.54) is 14.2 Å². The number of anilines is 1. The zero-order valence-corrected chi connectivity index (χ0v) is 14.7. The molecule has 1 unspecified atom stereocenters. The molecule has 0 saturated heterocycles. The van der Waals surface area contributed by atoms with Crippen molar-refractivity contribution in [1.82, 2.24) is 5.06 Å². The van der Waals surface area contributed by atoms with E-state index < -0.39 is 0 Å². The van der Waals surface area contributed by atoms with Gasteiger partial charge in [0.05, 0.1) is 19.8 Å². The molecule has 2 amide bonds. The Labute approximate surface area is 147 Å². The first-order chi connectivity index (χ1) is 11.5. The zero-order valence-electron chi connectivity index (χ0n) is 14.0. The number of halogens is 1. The molecule has 2 aromatic carbocycles. The Balaban J connectivity index is 1.99. The van der Waals surface area contributed by atoms with Crippen LogP contribution in [0, 0.1) is 0 Å². The third kappa shape index (κ3) is 4.96. The number of benzene rings is 2. The number of nitrogens with one attached hydrogen (secondary N) is 1. The van der Waals surface area contributed by atoms with Gasteiger partial charge in [-0.2, -0.15) is 0 Å². The maximum absolute atomic E-state index is 11.8. The summed E-state index contributed by atoms with van der Waals surface area (Å²) < 4.78 is 5.87. The van der Waals surface area contributed by atoms with Gasteiger partial charge in [-0.1, -0.05) is 48.0 Å². The Morgan fingerprint density at radius 3 is 2.58 bits per heavy atom. The van der Waals surface area contributed by atoms with E-state index in [2.05, 4.69) is 5.32 Å². The number of nitrogens with zero attached hydrogens (tertiary/aromatic N) is 1. The van der Waals surface area contributed by atoms with Gasteiger partial charge < -0.3 is 10.1 Å². The second-order valence-corrected chi connectivity index (χ2v) is 5.69. The van der Waals surface area contributed by atoms with Gasteiger partial charge in [0.2, 0.25) is 0 Å². The van der Waals surface area contributed by atoms with Crippen molar-refractivity contribution in [3.63, 3.8) is 0 Å². The molecule has 5 nitrogen and oxygen atoms in total. The highest BCUT2D eigenvalue weighted by Crippen LogP contribution is 2.29. The maximum Gasteiger partial charge on any atom is 0.345 e. The highest BCUT2D eigenvalue weighted by molar-refractivity contribution is 6.31. The number of amides is 2. The normalized spacial score (nSPS) is 11.8. The van der Waals surface area contributed by atoms with E-state index in [0.29, 0.717) is 17.3 Å². The largest absolute Gasteiger partial charge is 0.369 e. The highest BCUT2D eigenvalue weighted by atomic mass is 35.5. The summed E-state index contributed by atoms with van der Waals surface area (Å²) in [7, 11) is 2.94. The first-order valence-electron chi connectivity index (χ1n) is 7.55. The van der Waals surface area contributed by atoms with Crippen molar-refractivity contribution in [1.29, 1.82) is 0 Å². The van der Waals surface area contributed by atoms with E-state index >= 15 is 0 Å². The predicted octanol–water partition coefficient (Wildman–Crippen LogP) is 4.64. The number of ether oxygens (including phenoxy) is 1. The SMILES string of the molecule is CON(C)C(=O)Nc1ccc(C(C)OCc2ccccc2)c(Cl)c1. The minimum atomic E-state index is -0.380. The van der Waals surface area contributed by atoms with Gasteiger partial charge in [-0.05, 0) is 30.2 Å². The summed E-state index contributed by atoms with van der Waals surface area (Å²) in [4.78, 5) is 16.6. The summed E-state index contributed by atoms with van der Waals surface area (Å²) in [6.45, 7) is 2.45. The van der Waals surface area contributed by atoms with Crippen LogP contribution in [0.3, 0.4) is 0 Å². The lowest BCUT2D eigenvalue weighted by molar-refractivity contribution is -0.0598. The summed E-state index contributed by atoms with van der Waals surface area (Å²) in [5.41, 5.74) is 2.56. The smallest absolute Gasteiger partial charge is 0.345 e. The first kappa shape index (κ1) is 18.3.